The van der Waals surface area contributed by atoms with E-state index in [0.717, 1.165) is 28.9 Å². The van der Waals surface area contributed by atoms with Crippen LogP contribution in [0.25, 0.3) is 0 Å². The van der Waals surface area contributed by atoms with Crippen molar-refractivity contribution in [1.29, 1.82) is 0 Å². The Morgan fingerprint density at radius 2 is 1.58 bits per heavy atom. The number of non-ortho nitro benzene ring substituents is 2. The number of carbonyl (C=O) groups excluding carboxylic acids is 1. The van der Waals surface area contributed by atoms with Crippen molar-refractivity contribution in [3.63, 3.8) is 0 Å². The van der Waals surface area contributed by atoms with Gasteiger partial charge in [-0.25, -0.2) is 5.43 Å². The van der Waals surface area contributed by atoms with E-state index < -0.39 is 27.1 Å². The molecule has 1 amide bonds. The van der Waals surface area contributed by atoms with Crippen molar-refractivity contribution in [2.75, 3.05) is 0 Å². The normalized spacial score (nSPS) is 10.5. The molecule has 0 aliphatic carbocycles. The van der Waals surface area contributed by atoms with Crippen LogP contribution in [-0.4, -0.2) is 22.0 Å². The summed E-state index contributed by atoms with van der Waals surface area (Å²) < 4.78 is 0.812. The molecular weight excluding hydrogens is 384 g/mol. The number of hydrazone groups is 1. The highest BCUT2D eigenvalue weighted by Gasteiger charge is 2.15. The number of nitro groups is 2. The molecule has 1 N–H and O–H groups in total. The molecule has 0 radical (unpaired) electrons. The Hall–Kier alpha value is -3.14. The lowest BCUT2D eigenvalue weighted by Crippen LogP contribution is -2.17. The zero-order valence-corrected chi connectivity index (χ0v) is 13.5. The molecule has 0 saturated heterocycles. The van der Waals surface area contributed by atoms with Crippen molar-refractivity contribution in [3.05, 3.63) is 78.3 Å². The van der Waals surface area contributed by atoms with Gasteiger partial charge in [-0.3, -0.25) is 25.0 Å². The van der Waals surface area contributed by atoms with Gasteiger partial charge in [-0.2, -0.15) is 5.10 Å². The van der Waals surface area contributed by atoms with Crippen LogP contribution < -0.4 is 5.43 Å². The second-order valence-electron chi connectivity index (χ2n) is 4.50. The Balaban J connectivity index is 2.16. The number of nitro benzene ring substituents is 2. The van der Waals surface area contributed by atoms with Gasteiger partial charge >= 0.3 is 0 Å². The van der Waals surface area contributed by atoms with Gasteiger partial charge < -0.3 is 0 Å². The lowest BCUT2D eigenvalue weighted by Gasteiger charge is -2.00. The van der Waals surface area contributed by atoms with E-state index >= 15 is 0 Å². The molecule has 0 spiro atoms. The molecule has 0 aliphatic heterocycles. The Kier molecular flexibility index (Phi) is 5.32. The number of rotatable bonds is 5. The fraction of sp³-hybridized carbons (Fsp3) is 0. The van der Waals surface area contributed by atoms with Gasteiger partial charge in [-0.1, -0.05) is 15.9 Å². The van der Waals surface area contributed by atoms with Crippen LogP contribution in [-0.2, 0) is 0 Å². The highest BCUT2D eigenvalue weighted by molar-refractivity contribution is 9.10. The maximum atomic E-state index is 11.8. The summed E-state index contributed by atoms with van der Waals surface area (Å²) in [4.78, 5) is 31.9. The van der Waals surface area contributed by atoms with E-state index in [0.29, 0.717) is 5.56 Å². The van der Waals surface area contributed by atoms with E-state index in [-0.39, 0.29) is 5.56 Å². The fourth-order valence-electron chi connectivity index (χ4n) is 1.73. The highest BCUT2D eigenvalue weighted by atomic mass is 79.9. The number of hydrogen-bond donors (Lipinski definition) is 1. The Morgan fingerprint density at radius 1 is 1.04 bits per heavy atom. The lowest BCUT2D eigenvalue weighted by molar-refractivity contribution is -0.394. The van der Waals surface area contributed by atoms with Gasteiger partial charge in [0.05, 0.1) is 22.1 Å². The third kappa shape index (κ3) is 4.43. The third-order valence-electron chi connectivity index (χ3n) is 2.83. The zero-order valence-electron chi connectivity index (χ0n) is 11.9. The van der Waals surface area contributed by atoms with E-state index in [1.807, 2.05) is 0 Å². The largest absolute Gasteiger partial charge is 0.276 e. The summed E-state index contributed by atoms with van der Waals surface area (Å²) in [5.41, 5.74) is 1.84. The van der Waals surface area contributed by atoms with Gasteiger partial charge in [0.2, 0.25) is 0 Å². The summed E-state index contributed by atoms with van der Waals surface area (Å²) in [6.45, 7) is 0. The SMILES string of the molecule is O=C(N/N=C/c1cc([N+](=O)[O-])cc([N+](=O)[O-])c1)c1ccc(Br)cc1. The molecule has 0 aliphatic rings. The number of carbonyl (C=O) groups is 1. The van der Waals surface area contributed by atoms with E-state index in [9.17, 15) is 25.0 Å². The molecule has 0 atom stereocenters. The molecule has 10 heteroatoms. The second-order valence-corrected chi connectivity index (χ2v) is 5.42. The number of nitrogens with one attached hydrogen (secondary N) is 1. The quantitative estimate of drug-likeness (QED) is 0.474. The van der Waals surface area contributed by atoms with Crippen LogP contribution in [0.15, 0.2) is 52.0 Å². The lowest BCUT2D eigenvalue weighted by atomic mass is 10.2. The number of benzene rings is 2. The van der Waals surface area contributed by atoms with Crippen molar-refractivity contribution in [3.8, 4) is 0 Å². The molecule has 0 bridgehead atoms. The third-order valence-corrected chi connectivity index (χ3v) is 3.36. The molecule has 122 valence electrons. The van der Waals surface area contributed by atoms with Crippen LogP contribution in [0, 0.1) is 20.2 Å². The van der Waals surface area contributed by atoms with E-state index in [2.05, 4.69) is 26.5 Å². The first-order valence-corrected chi connectivity index (χ1v) is 7.19. The maximum Gasteiger partial charge on any atom is 0.276 e. The highest BCUT2D eigenvalue weighted by Crippen LogP contribution is 2.21. The van der Waals surface area contributed by atoms with Gasteiger partial charge in [0.25, 0.3) is 17.3 Å². The van der Waals surface area contributed by atoms with Crippen molar-refractivity contribution >= 4 is 39.4 Å². The molecule has 0 fully saturated rings. The monoisotopic (exact) mass is 392 g/mol. The van der Waals surface area contributed by atoms with Crippen molar-refractivity contribution in [2.45, 2.75) is 0 Å². The van der Waals surface area contributed by atoms with E-state index in [4.69, 9.17) is 0 Å². The van der Waals surface area contributed by atoms with Crippen LogP contribution in [0.2, 0.25) is 0 Å². The zero-order chi connectivity index (χ0) is 17.7. The summed E-state index contributed by atoms with van der Waals surface area (Å²) in [6, 6.07) is 9.59. The predicted molar refractivity (Wildman–Crippen MR) is 89.0 cm³/mol. The number of nitrogens with zero attached hydrogens (tertiary/aromatic N) is 3. The number of amides is 1. The predicted octanol–water partition coefficient (Wildman–Crippen LogP) is 3.03. The van der Waals surface area contributed by atoms with Crippen LogP contribution in [0.5, 0.6) is 0 Å². The Labute approximate surface area is 143 Å². The minimum Gasteiger partial charge on any atom is -0.267 e. The molecule has 9 nitrogen and oxygen atoms in total. The van der Waals surface area contributed by atoms with Crippen LogP contribution in [0.3, 0.4) is 0 Å². The first-order chi connectivity index (χ1) is 11.4. The van der Waals surface area contributed by atoms with Crippen molar-refractivity contribution < 1.29 is 14.6 Å². The summed E-state index contributed by atoms with van der Waals surface area (Å²) in [5.74, 6) is -0.487. The molecule has 0 saturated carbocycles. The fourth-order valence-corrected chi connectivity index (χ4v) is 2.00. The maximum absolute atomic E-state index is 11.8. The van der Waals surface area contributed by atoms with E-state index in [1.165, 1.54) is 0 Å². The molecule has 2 rings (SSSR count). The summed E-state index contributed by atoms with van der Waals surface area (Å²) in [6.07, 6.45) is 1.09. The molecule has 2 aromatic rings. The van der Waals surface area contributed by atoms with Crippen LogP contribution in [0.4, 0.5) is 11.4 Å². The minimum atomic E-state index is -0.745. The van der Waals surface area contributed by atoms with Gasteiger partial charge in [0.15, 0.2) is 0 Å². The average Bonchev–Trinajstić information content (AvgIpc) is 2.55. The molecular formula is C14H9BrN4O5. The van der Waals surface area contributed by atoms with Crippen LogP contribution >= 0.6 is 15.9 Å². The Morgan fingerprint density at radius 3 is 2.08 bits per heavy atom. The summed E-state index contributed by atoms with van der Waals surface area (Å²) >= 11 is 3.24. The summed E-state index contributed by atoms with van der Waals surface area (Å²) in [5, 5.41) is 25.2. The van der Waals surface area contributed by atoms with E-state index in [1.54, 1.807) is 24.3 Å². The number of halogens is 1. The first-order valence-electron chi connectivity index (χ1n) is 6.39. The average molecular weight is 393 g/mol. The van der Waals surface area contributed by atoms with Gasteiger partial charge in [-0.15, -0.1) is 0 Å². The van der Waals surface area contributed by atoms with Gasteiger partial charge in [0, 0.05) is 27.7 Å². The molecule has 0 unspecified atom stereocenters. The van der Waals surface area contributed by atoms with Gasteiger partial charge in [-0.05, 0) is 24.3 Å². The van der Waals surface area contributed by atoms with Crippen molar-refractivity contribution in [1.82, 2.24) is 5.43 Å². The standard InChI is InChI=1S/C14H9BrN4O5/c15-11-3-1-10(2-4-11)14(20)17-16-8-9-5-12(18(21)22)7-13(6-9)19(23)24/h1-8H,(H,17,20)/b16-8+. The Bertz CT molecular complexity index is 803. The second kappa shape index (κ2) is 7.42. The smallest absolute Gasteiger partial charge is 0.267 e. The molecule has 2 aromatic carbocycles. The van der Waals surface area contributed by atoms with Crippen molar-refractivity contribution in [2.24, 2.45) is 5.10 Å². The summed E-state index contributed by atoms with van der Waals surface area (Å²) in [7, 11) is 0. The minimum absolute atomic E-state index is 0.118. The first kappa shape index (κ1) is 17.2. The molecule has 0 heterocycles. The topological polar surface area (TPSA) is 128 Å². The molecule has 0 aromatic heterocycles. The van der Waals surface area contributed by atoms with Gasteiger partial charge in [0.1, 0.15) is 0 Å². The number of hydrogen-bond acceptors (Lipinski definition) is 6. The molecule has 24 heavy (non-hydrogen) atoms. The van der Waals surface area contributed by atoms with Crippen LogP contribution in [0.1, 0.15) is 15.9 Å².